The number of hydrogen-bond acceptors (Lipinski definition) is 6. The zero-order valence-corrected chi connectivity index (χ0v) is 13.4. The predicted octanol–water partition coefficient (Wildman–Crippen LogP) is -1.87. The summed E-state index contributed by atoms with van der Waals surface area (Å²) in [5, 5.41) is 5.49. The maximum absolute atomic E-state index is 11.7. The summed E-state index contributed by atoms with van der Waals surface area (Å²) >= 11 is 0. The molecule has 0 aromatic heterocycles. The Balaban J connectivity index is 3.63. The Morgan fingerprint density at radius 1 is 0.727 bits per heavy atom. The summed E-state index contributed by atoms with van der Waals surface area (Å²) in [6.07, 6.45) is 4.30. The molecule has 22 heavy (non-hydrogen) atoms. The van der Waals surface area contributed by atoms with E-state index in [1.807, 2.05) is 0 Å². The van der Waals surface area contributed by atoms with Crippen molar-refractivity contribution in [1.29, 1.82) is 0 Å². The molecule has 130 valence electrons. The Hall–Kier alpha value is -1.22. The molecule has 0 radical (unpaired) electrons. The summed E-state index contributed by atoms with van der Waals surface area (Å²) in [7, 11) is 0. The fourth-order valence-corrected chi connectivity index (χ4v) is 1.88. The van der Waals surface area contributed by atoms with Gasteiger partial charge in [0.2, 0.25) is 11.8 Å². The van der Waals surface area contributed by atoms with E-state index in [4.69, 9.17) is 22.9 Å². The van der Waals surface area contributed by atoms with Crippen molar-refractivity contribution >= 4 is 11.8 Å². The Morgan fingerprint density at radius 2 is 1.18 bits per heavy atom. The van der Waals surface area contributed by atoms with Crippen LogP contribution in [0.4, 0.5) is 0 Å². The topological polar surface area (TPSA) is 162 Å². The third-order valence-corrected chi connectivity index (χ3v) is 3.31. The van der Waals surface area contributed by atoms with E-state index < -0.39 is 12.1 Å². The van der Waals surface area contributed by atoms with Crippen LogP contribution in [0.3, 0.4) is 0 Å². The lowest BCUT2D eigenvalue weighted by molar-refractivity contribution is -0.122. The summed E-state index contributed by atoms with van der Waals surface area (Å²) in [6.45, 7) is 2.08. The molecule has 8 heteroatoms. The highest BCUT2D eigenvalue weighted by Gasteiger charge is 2.13. The number of amides is 2. The lowest BCUT2D eigenvalue weighted by Crippen LogP contribution is -2.43. The highest BCUT2D eigenvalue weighted by atomic mass is 16.2. The van der Waals surface area contributed by atoms with Crippen molar-refractivity contribution in [3.63, 3.8) is 0 Å². The number of nitrogens with one attached hydrogen (secondary N) is 2. The zero-order valence-electron chi connectivity index (χ0n) is 13.4. The van der Waals surface area contributed by atoms with Crippen molar-refractivity contribution in [2.24, 2.45) is 22.9 Å². The quantitative estimate of drug-likeness (QED) is 0.218. The van der Waals surface area contributed by atoms with E-state index in [0.29, 0.717) is 45.4 Å². The minimum Gasteiger partial charge on any atom is -0.355 e. The fraction of sp³-hybridized carbons (Fsp3) is 0.857. The Labute approximate surface area is 132 Å². The summed E-state index contributed by atoms with van der Waals surface area (Å²) in [4.78, 5) is 23.3. The van der Waals surface area contributed by atoms with Gasteiger partial charge in [-0.3, -0.25) is 9.59 Å². The zero-order chi connectivity index (χ0) is 16.8. The molecule has 0 saturated carbocycles. The average Bonchev–Trinajstić information content (AvgIpc) is 2.51. The number of hydrogen-bond donors (Lipinski definition) is 6. The SMILES string of the molecule is NCCCC[C@H](N)C(=O)NCCCNC(=O)[C@H](N)CCCN. The van der Waals surface area contributed by atoms with Crippen LogP contribution in [0, 0.1) is 0 Å². The monoisotopic (exact) mass is 316 g/mol. The third kappa shape index (κ3) is 10.5. The van der Waals surface area contributed by atoms with E-state index in [9.17, 15) is 9.59 Å². The van der Waals surface area contributed by atoms with Crippen LogP contribution in [0.2, 0.25) is 0 Å². The molecule has 0 aliphatic heterocycles. The number of carbonyl (C=O) groups is 2. The number of rotatable bonds is 13. The van der Waals surface area contributed by atoms with Crippen LogP contribution in [0.15, 0.2) is 0 Å². The second kappa shape index (κ2) is 13.4. The minimum atomic E-state index is -0.519. The largest absolute Gasteiger partial charge is 0.355 e. The van der Waals surface area contributed by atoms with Gasteiger partial charge in [-0.05, 0) is 45.2 Å². The Bertz CT molecular complexity index is 314. The molecule has 0 spiro atoms. The molecular weight excluding hydrogens is 284 g/mol. The second-order valence-electron chi connectivity index (χ2n) is 5.36. The average molecular weight is 316 g/mol. The summed E-state index contributed by atoms with van der Waals surface area (Å²) in [5.41, 5.74) is 22.2. The van der Waals surface area contributed by atoms with E-state index in [0.717, 1.165) is 19.3 Å². The second-order valence-corrected chi connectivity index (χ2v) is 5.36. The van der Waals surface area contributed by atoms with Gasteiger partial charge >= 0.3 is 0 Å². The molecule has 10 N–H and O–H groups in total. The molecule has 0 aliphatic carbocycles. The van der Waals surface area contributed by atoms with Gasteiger partial charge in [0.15, 0.2) is 0 Å². The number of nitrogens with two attached hydrogens (primary N) is 4. The van der Waals surface area contributed by atoms with Gasteiger partial charge < -0.3 is 33.6 Å². The molecule has 0 aromatic carbocycles. The summed E-state index contributed by atoms with van der Waals surface area (Å²) in [6, 6.07) is -1.01. The lowest BCUT2D eigenvalue weighted by Gasteiger charge is -2.13. The van der Waals surface area contributed by atoms with Crippen molar-refractivity contribution in [2.75, 3.05) is 26.2 Å². The van der Waals surface area contributed by atoms with Crippen molar-refractivity contribution < 1.29 is 9.59 Å². The van der Waals surface area contributed by atoms with E-state index in [1.54, 1.807) is 0 Å². The number of carbonyl (C=O) groups excluding carboxylic acids is 2. The molecule has 0 aromatic rings. The minimum absolute atomic E-state index is 0.164. The molecule has 0 heterocycles. The van der Waals surface area contributed by atoms with E-state index in [-0.39, 0.29) is 11.8 Å². The van der Waals surface area contributed by atoms with Gasteiger partial charge in [0.1, 0.15) is 0 Å². The molecule has 2 amide bonds. The van der Waals surface area contributed by atoms with E-state index >= 15 is 0 Å². The van der Waals surface area contributed by atoms with Crippen LogP contribution in [0.25, 0.3) is 0 Å². The Morgan fingerprint density at radius 3 is 1.64 bits per heavy atom. The molecule has 0 rings (SSSR count). The highest BCUT2D eigenvalue weighted by molar-refractivity contribution is 5.82. The molecule has 0 fully saturated rings. The predicted molar refractivity (Wildman–Crippen MR) is 87.8 cm³/mol. The van der Waals surface area contributed by atoms with Crippen molar-refractivity contribution in [3.8, 4) is 0 Å². The first-order valence-corrected chi connectivity index (χ1v) is 7.99. The summed E-state index contributed by atoms with van der Waals surface area (Å²) in [5.74, 6) is -0.346. The first kappa shape index (κ1) is 20.8. The van der Waals surface area contributed by atoms with Crippen LogP contribution >= 0.6 is 0 Å². The molecular formula is C14H32N6O2. The van der Waals surface area contributed by atoms with Gasteiger partial charge in [0.05, 0.1) is 12.1 Å². The van der Waals surface area contributed by atoms with Gasteiger partial charge in [0.25, 0.3) is 0 Å². The highest BCUT2D eigenvalue weighted by Crippen LogP contribution is 1.98. The van der Waals surface area contributed by atoms with Crippen LogP contribution < -0.4 is 33.6 Å². The van der Waals surface area contributed by atoms with Gasteiger partial charge in [-0.15, -0.1) is 0 Å². The van der Waals surface area contributed by atoms with Crippen molar-refractivity contribution in [3.05, 3.63) is 0 Å². The van der Waals surface area contributed by atoms with Gasteiger partial charge in [-0.1, -0.05) is 6.42 Å². The van der Waals surface area contributed by atoms with Gasteiger partial charge in [0, 0.05) is 13.1 Å². The van der Waals surface area contributed by atoms with Gasteiger partial charge in [-0.2, -0.15) is 0 Å². The smallest absolute Gasteiger partial charge is 0.236 e. The maximum Gasteiger partial charge on any atom is 0.236 e. The van der Waals surface area contributed by atoms with Crippen molar-refractivity contribution in [2.45, 2.75) is 50.6 Å². The maximum atomic E-state index is 11.7. The molecule has 2 atom stereocenters. The number of unbranched alkanes of at least 4 members (excludes halogenated alkanes) is 1. The molecule has 0 unspecified atom stereocenters. The summed E-state index contributed by atoms with van der Waals surface area (Å²) < 4.78 is 0. The molecule has 0 saturated heterocycles. The van der Waals surface area contributed by atoms with E-state index in [1.165, 1.54) is 0 Å². The van der Waals surface area contributed by atoms with Crippen LogP contribution in [-0.2, 0) is 9.59 Å². The third-order valence-electron chi connectivity index (χ3n) is 3.31. The first-order valence-electron chi connectivity index (χ1n) is 7.99. The van der Waals surface area contributed by atoms with Crippen LogP contribution in [-0.4, -0.2) is 50.1 Å². The fourth-order valence-electron chi connectivity index (χ4n) is 1.88. The first-order chi connectivity index (χ1) is 10.5. The van der Waals surface area contributed by atoms with Gasteiger partial charge in [-0.25, -0.2) is 0 Å². The van der Waals surface area contributed by atoms with E-state index in [2.05, 4.69) is 10.6 Å². The normalized spacial score (nSPS) is 13.5. The molecule has 0 bridgehead atoms. The van der Waals surface area contributed by atoms with Crippen LogP contribution in [0.1, 0.15) is 38.5 Å². The lowest BCUT2D eigenvalue weighted by atomic mass is 10.1. The van der Waals surface area contributed by atoms with Crippen molar-refractivity contribution in [1.82, 2.24) is 10.6 Å². The Kier molecular flexibility index (Phi) is 12.7. The van der Waals surface area contributed by atoms with Crippen LogP contribution in [0.5, 0.6) is 0 Å². The standard InChI is InChI=1S/C14H32N6O2/c15-7-2-1-5-11(17)13(21)19-9-4-10-20-14(22)12(18)6-3-8-16/h11-12H,1-10,15-18H2,(H,19,21)(H,20,22)/t11-,12+/m0/s1. The molecule has 8 nitrogen and oxygen atoms in total. The molecule has 0 aliphatic rings.